The number of hydrogen-bond donors (Lipinski definition) is 1. The van der Waals surface area contributed by atoms with Crippen LogP contribution in [0.1, 0.15) is 50.7 Å². The molecule has 0 aliphatic carbocycles. The van der Waals surface area contributed by atoms with Gasteiger partial charge in [-0.1, -0.05) is 31.0 Å². The molecule has 19 heavy (non-hydrogen) atoms. The van der Waals surface area contributed by atoms with Crippen LogP contribution in [0.2, 0.25) is 0 Å². The second-order valence-electron chi connectivity index (χ2n) is 5.65. The van der Waals surface area contributed by atoms with Gasteiger partial charge in [-0.05, 0) is 38.3 Å². The number of carbonyl (C=O) groups is 1. The Morgan fingerprint density at radius 3 is 2.74 bits per heavy atom. The van der Waals surface area contributed by atoms with E-state index in [9.17, 15) is 4.79 Å². The molecular formula is C16H21NO2. The fourth-order valence-corrected chi connectivity index (χ4v) is 2.76. The van der Waals surface area contributed by atoms with Crippen molar-refractivity contribution in [3.8, 4) is 0 Å². The van der Waals surface area contributed by atoms with Gasteiger partial charge in [0.15, 0.2) is 0 Å². The molecule has 0 saturated heterocycles. The summed E-state index contributed by atoms with van der Waals surface area (Å²) in [5.41, 5.74) is 4.73. The van der Waals surface area contributed by atoms with Gasteiger partial charge in [0.05, 0.1) is 5.69 Å². The topological polar surface area (TPSA) is 49.7 Å². The first-order valence-electron chi connectivity index (χ1n) is 6.82. The second kappa shape index (κ2) is 5.16. The van der Waals surface area contributed by atoms with E-state index in [0.29, 0.717) is 0 Å². The molecule has 0 radical (unpaired) electrons. The van der Waals surface area contributed by atoms with Crippen molar-refractivity contribution in [3.63, 3.8) is 0 Å². The van der Waals surface area contributed by atoms with Crippen LogP contribution < -0.4 is 0 Å². The zero-order valence-corrected chi connectivity index (χ0v) is 11.9. The lowest BCUT2D eigenvalue weighted by atomic mass is 9.75. The van der Waals surface area contributed by atoms with Crippen LogP contribution in [0.4, 0.5) is 5.69 Å². The molecule has 0 bridgehead atoms. The molecule has 102 valence electrons. The van der Waals surface area contributed by atoms with Gasteiger partial charge < -0.3 is 5.11 Å². The Bertz CT molecular complexity index is 534. The van der Waals surface area contributed by atoms with Gasteiger partial charge in [-0.15, -0.1) is 0 Å². The average Bonchev–Trinajstić information content (AvgIpc) is 2.58. The van der Waals surface area contributed by atoms with Gasteiger partial charge in [0.1, 0.15) is 0 Å². The molecule has 0 fully saturated rings. The van der Waals surface area contributed by atoms with Gasteiger partial charge in [-0.25, -0.2) is 0 Å². The molecular weight excluding hydrogens is 238 g/mol. The lowest BCUT2D eigenvalue weighted by molar-refractivity contribution is -0.137. The lowest BCUT2D eigenvalue weighted by Crippen LogP contribution is -2.27. The highest BCUT2D eigenvalue weighted by Crippen LogP contribution is 2.43. The van der Waals surface area contributed by atoms with E-state index >= 15 is 0 Å². The summed E-state index contributed by atoms with van der Waals surface area (Å²) in [6.45, 7) is 6.39. The molecule has 1 aliphatic heterocycles. The summed E-state index contributed by atoms with van der Waals surface area (Å²) < 4.78 is 0. The summed E-state index contributed by atoms with van der Waals surface area (Å²) in [5.74, 6) is -0.710. The largest absolute Gasteiger partial charge is 0.481 e. The number of carboxylic acids is 1. The zero-order chi connectivity index (χ0) is 14.0. The van der Waals surface area contributed by atoms with Crippen molar-refractivity contribution in [2.24, 2.45) is 4.99 Å². The minimum absolute atomic E-state index is 0.0279. The minimum Gasteiger partial charge on any atom is -0.481 e. The minimum atomic E-state index is -0.710. The van der Waals surface area contributed by atoms with Gasteiger partial charge in [0, 0.05) is 17.5 Å². The molecule has 0 spiro atoms. The van der Waals surface area contributed by atoms with E-state index in [4.69, 9.17) is 5.11 Å². The Morgan fingerprint density at radius 1 is 1.32 bits per heavy atom. The Hall–Kier alpha value is -1.64. The molecule has 1 N–H and O–H groups in total. The molecule has 2 rings (SSSR count). The number of hydrogen-bond acceptors (Lipinski definition) is 2. The number of aliphatic imine (C=N–C) groups is 1. The van der Waals surface area contributed by atoms with Gasteiger partial charge in [0.25, 0.3) is 0 Å². The van der Waals surface area contributed by atoms with Gasteiger partial charge in [-0.3, -0.25) is 9.79 Å². The van der Waals surface area contributed by atoms with E-state index in [1.165, 1.54) is 11.1 Å². The standard InChI is InChI=1S/C16H21NO2/c1-11-7-8-14-13(10-11)16(3,12(2)17-14)9-5-4-6-15(18)19/h7-8,10H,4-6,9H2,1-3H3,(H,18,19). The van der Waals surface area contributed by atoms with Crippen LogP contribution in [-0.2, 0) is 10.2 Å². The van der Waals surface area contributed by atoms with Crippen LogP contribution >= 0.6 is 0 Å². The molecule has 1 aromatic carbocycles. The maximum atomic E-state index is 10.6. The third-order valence-corrected chi connectivity index (χ3v) is 4.15. The van der Waals surface area contributed by atoms with E-state index in [1.807, 2.05) is 0 Å². The molecule has 3 heteroatoms. The molecule has 1 atom stereocenters. The number of aliphatic carboxylic acids is 1. The zero-order valence-electron chi connectivity index (χ0n) is 11.9. The first kappa shape index (κ1) is 13.8. The normalized spacial score (nSPS) is 21.1. The fraction of sp³-hybridized carbons (Fsp3) is 0.500. The number of carboxylic acid groups (broad SMARTS) is 1. The van der Waals surface area contributed by atoms with Gasteiger partial charge in [-0.2, -0.15) is 0 Å². The lowest BCUT2D eigenvalue weighted by Gasteiger charge is -2.26. The molecule has 1 aromatic rings. The Kier molecular flexibility index (Phi) is 3.74. The van der Waals surface area contributed by atoms with E-state index in [-0.39, 0.29) is 11.8 Å². The third kappa shape index (κ3) is 2.70. The maximum absolute atomic E-state index is 10.6. The summed E-state index contributed by atoms with van der Waals surface area (Å²) in [5, 5.41) is 8.69. The van der Waals surface area contributed by atoms with E-state index < -0.39 is 5.97 Å². The highest BCUT2D eigenvalue weighted by molar-refractivity contribution is 5.99. The number of fused-ring (bicyclic) bond motifs is 1. The van der Waals surface area contributed by atoms with E-state index in [0.717, 1.165) is 30.7 Å². The summed E-state index contributed by atoms with van der Waals surface area (Å²) in [4.78, 5) is 15.2. The first-order valence-corrected chi connectivity index (χ1v) is 6.82. The average molecular weight is 259 g/mol. The quantitative estimate of drug-likeness (QED) is 0.812. The summed E-state index contributed by atoms with van der Waals surface area (Å²) in [7, 11) is 0. The Morgan fingerprint density at radius 2 is 2.05 bits per heavy atom. The summed E-state index contributed by atoms with van der Waals surface area (Å²) >= 11 is 0. The molecule has 1 unspecified atom stereocenters. The van der Waals surface area contributed by atoms with Crippen LogP contribution in [0.15, 0.2) is 23.2 Å². The van der Waals surface area contributed by atoms with Crippen LogP contribution in [0.25, 0.3) is 0 Å². The fourth-order valence-electron chi connectivity index (χ4n) is 2.76. The Balaban J connectivity index is 2.13. The predicted octanol–water partition coefficient (Wildman–Crippen LogP) is 4.00. The smallest absolute Gasteiger partial charge is 0.303 e. The molecule has 0 saturated carbocycles. The number of rotatable bonds is 5. The van der Waals surface area contributed by atoms with Crippen molar-refractivity contribution in [1.29, 1.82) is 0 Å². The molecule has 1 aliphatic rings. The molecule has 0 aromatic heterocycles. The third-order valence-electron chi connectivity index (χ3n) is 4.15. The van der Waals surface area contributed by atoms with E-state index in [1.54, 1.807) is 0 Å². The van der Waals surface area contributed by atoms with Crippen LogP contribution in [-0.4, -0.2) is 16.8 Å². The highest BCUT2D eigenvalue weighted by atomic mass is 16.4. The number of aryl methyl sites for hydroxylation is 1. The molecule has 1 heterocycles. The molecule has 3 nitrogen and oxygen atoms in total. The van der Waals surface area contributed by atoms with Crippen LogP contribution in [0.3, 0.4) is 0 Å². The van der Waals surface area contributed by atoms with Crippen molar-refractivity contribution in [2.75, 3.05) is 0 Å². The van der Waals surface area contributed by atoms with Crippen molar-refractivity contribution in [1.82, 2.24) is 0 Å². The summed E-state index contributed by atoms with van der Waals surface area (Å²) in [6, 6.07) is 6.38. The maximum Gasteiger partial charge on any atom is 0.303 e. The monoisotopic (exact) mass is 259 g/mol. The number of benzene rings is 1. The second-order valence-corrected chi connectivity index (χ2v) is 5.65. The van der Waals surface area contributed by atoms with Crippen molar-refractivity contribution < 1.29 is 9.90 Å². The van der Waals surface area contributed by atoms with Gasteiger partial charge >= 0.3 is 5.97 Å². The first-order chi connectivity index (χ1) is 8.93. The number of unbranched alkanes of at least 4 members (excludes halogenated alkanes) is 1. The van der Waals surface area contributed by atoms with Gasteiger partial charge in [0.2, 0.25) is 0 Å². The van der Waals surface area contributed by atoms with Crippen LogP contribution in [0, 0.1) is 6.92 Å². The van der Waals surface area contributed by atoms with Crippen molar-refractivity contribution in [3.05, 3.63) is 29.3 Å². The summed E-state index contributed by atoms with van der Waals surface area (Å²) in [6.07, 6.45) is 2.88. The Labute approximate surface area is 114 Å². The molecule has 0 amide bonds. The van der Waals surface area contributed by atoms with Crippen molar-refractivity contribution in [2.45, 2.75) is 51.9 Å². The highest BCUT2D eigenvalue weighted by Gasteiger charge is 2.36. The number of nitrogens with zero attached hydrogens (tertiary/aromatic N) is 1. The predicted molar refractivity (Wildman–Crippen MR) is 77.4 cm³/mol. The SMILES string of the molecule is CC1=Nc2ccc(C)cc2C1(C)CCCCC(=O)O. The van der Waals surface area contributed by atoms with Crippen molar-refractivity contribution >= 4 is 17.4 Å². The van der Waals surface area contributed by atoms with E-state index in [2.05, 4.69) is 44.0 Å². The van der Waals surface area contributed by atoms with Crippen LogP contribution in [0.5, 0.6) is 0 Å².